The zero-order chi connectivity index (χ0) is 18.2. The summed E-state index contributed by atoms with van der Waals surface area (Å²) < 4.78 is 25.2. The van der Waals surface area contributed by atoms with Crippen LogP contribution in [0.2, 0.25) is 0 Å². The number of carbonyl (C=O) groups excluding carboxylic acids is 1. The maximum atomic E-state index is 12.5. The van der Waals surface area contributed by atoms with Crippen molar-refractivity contribution in [1.29, 1.82) is 0 Å². The zero-order valence-corrected chi connectivity index (χ0v) is 15.5. The maximum absolute atomic E-state index is 12.5. The van der Waals surface area contributed by atoms with Gasteiger partial charge >= 0.3 is 0 Å². The molecule has 0 aromatic heterocycles. The molecule has 0 spiro atoms. The Hall–Kier alpha value is -2.34. The van der Waals surface area contributed by atoms with Crippen LogP contribution in [0.15, 0.2) is 36.4 Å². The summed E-state index contributed by atoms with van der Waals surface area (Å²) >= 11 is 0. The van der Waals surface area contributed by atoms with Crippen LogP contribution in [0.3, 0.4) is 0 Å². The molecule has 1 N–H and O–H groups in total. The third-order valence-corrected chi connectivity index (χ3v) is 5.76. The molecule has 0 aliphatic carbocycles. The van der Waals surface area contributed by atoms with Gasteiger partial charge in [0.1, 0.15) is 0 Å². The normalized spacial score (nSPS) is 14.1. The number of amides is 1. The van der Waals surface area contributed by atoms with Crippen LogP contribution in [0.4, 0.5) is 11.4 Å². The van der Waals surface area contributed by atoms with Gasteiger partial charge in [0.05, 0.1) is 11.9 Å². The van der Waals surface area contributed by atoms with Gasteiger partial charge in [-0.3, -0.25) is 9.10 Å². The van der Waals surface area contributed by atoms with Crippen molar-refractivity contribution in [2.24, 2.45) is 0 Å². The lowest BCUT2D eigenvalue weighted by atomic mass is 10.0. The van der Waals surface area contributed by atoms with Crippen molar-refractivity contribution in [1.82, 2.24) is 0 Å². The Morgan fingerprint density at radius 3 is 2.52 bits per heavy atom. The highest BCUT2D eigenvalue weighted by Crippen LogP contribution is 2.30. The summed E-state index contributed by atoms with van der Waals surface area (Å²) in [6.45, 7) is 4.52. The number of anilines is 2. The first kappa shape index (κ1) is 17.5. The van der Waals surface area contributed by atoms with E-state index in [1.807, 2.05) is 32.0 Å². The predicted octanol–water partition coefficient (Wildman–Crippen LogP) is 3.27. The van der Waals surface area contributed by atoms with Gasteiger partial charge in [-0.15, -0.1) is 0 Å². The molecule has 3 rings (SSSR count). The lowest BCUT2D eigenvalue weighted by molar-refractivity contribution is 0.102. The summed E-state index contributed by atoms with van der Waals surface area (Å²) in [6.07, 6.45) is 2.73. The molecule has 132 valence electrons. The van der Waals surface area contributed by atoms with Crippen LogP contribution in [0.5, 0.6) is 0 Å². The number of carbonyl (C=O) groups is 1. The quantitative estimate of drug-likeness (QED) is 0.916. The minimum atomic E-state index is -3.30. The lowest BCUT2D eigenvalue weighted by Crippen LogP contribution is -2.34. The van der Waals surface area contributed by atoms with Gasteiger partial charge in [0.25, 0.3) is 5.91 Å². The summed E-state index contributed by atoms with van der Waals surface area (Å²) in [4.78, 5) is 12.5. The molecule has 0 saturated heterocycles. The van der Waals surface area contributed by atoms with Crippen molar-refractivity contribution in [3.05, 3.63) is 58.7 Å². The molecule has 5 nitrogen and oxygen atoms in total. The van der Waals surface area contributed by atoms with E-state index in [1.165, 1.54) is 16.1 Å². The average molecular weight is 358 g/mol. The van der Waals surface area contributed by atoms with E-state index in [0.717, 1.165) is 29.7 Å². The second-order valence-corrected chi connectivity index (χ2v) is 8.44. The van der Waals surface area contributed by atoms with Gasteiger partial charge in [-0.1, -0.05) is 6.07 Å². The van der Waals surface area contributed by atoms with Gasteiger partial charge < -0.3 is 5.32 Å². The molecule has 25 heavy (non-hydrogen) atoms. The first-order valence-corrected chi connectivity index (χ1v) is 10.1. The van der Waals surface area contributed by atoms with Crippen molar-refractivity contribution in [3.63, 3.8) is 0 Å². The molecule has 2 aromatic rings. The molecular formula is C19H22N2O3S. The molecule has 0 radical (unpaired) electrons. The van der Waals surface area contributed by atoms with Gasteiger partial charge in [0.15, 0.2) is 0 Å². The highest BCUT2D eigenvalue weighted by Gasteiger charge is 2.24. The standard InChI is InChI=1S/C19H22N2O3S/c1-13-6-8-17(11-14(13)2)20-19(22)16-7-9-18-15(12-16)5-4-10-21(18)25(3,23)24/h6-9,11-12H,4-5,10H2,1-3H3,(H,20,22). The average Bonchev–Trinajstić information content (AvgIpc) is 2.56. The van der Waals surface area contributed by atoms with Crippen molar-refractivity contribution >= 4 is 27.3 Å². The van der Waals surface area contributed by atoms with Gasteiger partial charge in [-0.2, -0.15) is 0 Å². The van der Waals surface area contributed by atoms with Crippen LogP contribution in [0, 0.1) is 13.8 Å². The second-order valence-electron chi connectivity index (χ2n) is 6.54. The summed E-state index contributed by atoms with van der Waals surface area (Å²) in [7, 11) is -3.30. The predicted molar refractivity (Wildman–Crippen MR) is 101 cm³/mol. The highest BCUT2D eigenvalue weighted by atomic mass is 32.2. The molecule has 0 saturated carbocycles. The molecule has 1 amide bonds. The number of benzene rings is 2. The summed E-state index contributed by atoms with van der Waals surface area (Å²) in [5.74, 6) is -0.192. The minimum absolute atomic E-state index is 0.192. The van der Waals surface area contributed by atoms with E-state index < -0.39 is 10.0 Å². The monoisotopic (exact) mass is 358 g/mol. The summed E-state index contributed by atoms with van der Waals surface area (Å²) in [6, 6.07) is 11.0. The van der Waals surface area contributed by atoms with E-state index in [-0.39, 0.29) is 5.91 Å². The van der Waals surface area contributed by atoms with Crippen LogP contribution >= 0.6 is 0 Å². The molecular weight excluding hydrogens is 336 g/mol. The number of hydrogen-bond donors (Lipinski definition) is 1. The van der Waals surface area contributed by atoms with Crippen molar-refractivity contribution in [2.45, 2.75) is 26.7 Å². The topological polar surface area (TPSA) is 66.5 Å². The van der Waals surface area contributed by atoms with Gasteiger partial charge in [0.2, 0.25) is 10.0 Å². The fourth-order valence-electron chi connectivity index (χ4n) is 3.07. The van der Waals surface area contributed by atoms with Crippen molar-refractivity contribution in [3.8, 4) is 0 Å². The van der Waals surface area contributed by atoms with Crippen LogP contribution < -0.4 is 9.62 Å². The Bertz CT molecular complexity index is 936. The molecule has 1 aliphatic rings. The van der Waals surface area contributed by atoms with Crippen LogP contribution in [-0.2, 0) is 16.4 Å². The smallest absolute Gasteiger partial charge is 0.255 e. The Morgan fingerprint density at radius 1 is 1.08 bits per heavy atom. The van der Waals surface area contributed by atoms with E-state index in [1.54, 1.807) is 18.2 Å². The number of fused-ring (bicyclic) bond motifs is 1. The molecule has 6 heteroatoms. The Labute approximate surface area is 148 Å². The number of nitrogens with one attached hydrogen (secondary N) is 1. The van der Waals surface area contributed by atoms with Crippen LogP contribution in [-0.4, -0.2) is 27.1 Å². The molecule has 2 aromatic carbocycles. The highest BCUT2D eigenvalue weighted by molar-refractivity contribution is 7.92. The van der Waals surface area contributed by atoms with Gasteiger partial charge in [-0.25, -0.2) is 8.42 Å². The van der Waals surface area contributed by atoms with Crippen LogP contribution in [0.1, 0.15) is 33.5 Å². The van der Waals surface area contributed by atoms with Gasteiger partial charge in [-0.05, 0) is 73.7 Å². The molecule has 1 heterocycles. The summed E-state index contributed by atoms with van der Waals surface area (Å²) in [5, 5.41) is 2.90. The van der Waals surface area contributed by atoms with E-state index >= 15 is 0 Å². The van der Waals surface area contributed by atoms with Crippen LogP contribution in [0.25, 0.3) is 0 Å². The van der Waals surface area contributed by atoms with Crippen molar-refractivity contribution in [2.75, 3.05) is 22.4 Å². The van der Waals surface area contributed by atoms with E-state index in [2.05, 4.69) is 5.32 Å². The number of hydrogen-bond acceptors (Lipinski definition) is 3. The third kappa shape index (κ3) is 3.69. The lowest BCUT2D eigenvalue weighted by Gasteiger charge is -2.29. The maximum Gasteiger partial charge on any atom is 0.255 e. The fraction of sp³-hybridized carbons (Fsp3) is 0.316. The second kappa shape index (κ2) is 6.52. The first-order valence-electron chi connectivity index (χ1n) is 8.25. The number of rotatable bonds is 3. The van der Waals surface area contributed by atoms with E-state index in [0.29, 0.717) is 17.8 Å². The molecule has 0 unspecified atom stereocenters. The summed E-state index contributed by atoms with van der Waals surface area (Å²) in [5.41, 5.74) is 5.15. The number of sulfonamides is 1. The fourth-order valence-corrected chi connectivity index (χ4v) is 4.07. The molecule has 0 fully saturated rings. The first-order chi connectivity index (χ1) is 11.8. The third-order valence-electron chi connectivity index (χ3n) is 4.58. The molecule has 1 aliphatic heterocycles. The molecule has 0 atom stereocenters. The molecule has 0 bridgehead atoms. The zero-order valence-electron chi connectivity index (χ0n) is 14.7. The van der Waals surface area contributed by atoms with Crippen molar-refractivity contribution < 1.29 is 13.2 Å². The minimum Gasteiger partial charge on any atom is -0.322 e. The van der Waals surface area contributed by atoms with Gasteiger partial charge in [0, 0.05) is 17.8 Å². The Morgan fingerprint density at radius 2 is 1.84 bits per heavy atom. The Balaban J connectivity index is 1.86. The van der Waals surface area contributed by atoms with E-state index in [4.69, 9.17) is 0 Å². The number of nitrogens with zero attached hydrogens (tertiary/aromatic N) is 1. The number of aryl methyl sites for hydroxylation is 3. The Kier molecular flexibility index (Phi) is 4.56. The SMILES string of the molecule is Cc1ccc(NC(=O)c2ccc3c(c2)CCCN3S(C)(=O)=O)cc1C. The largest absolute Gasteiger partial charge is 0.322 e. The van der Waals surface area contributed by atoms with E-state index in [9.17, 15) is 13.2 Å².